The lowest BCUT2D eigenvalue weighted by Gasteiger charge is -2.26. The molecule has 2 nitrogen and oxygen atoms in total. The second-order valence-electron chi connectivity index (χ2n) is 12.5. The standard InChI is InChI=1S/C46H29NOS/c1-2-13-33(14-3-1)47(34-26-23-31(24-27-34)38-19-9-20-40-39-17-6-7-22-43(39)49-46(38)40)35-15-8-12-32(29-35)36-18-10-21-42-44(36)41-28-25-30-11-4-5-16-37(30)45(41)48-42/h1-29H. The summed E-state index contributed by atoms with van der Waals surface area (Å²) in [5, 5.41) is 7.24. The molecular weight excluding hydrogens is 615 g/mol. The van der Waals surface area contributed by atoms with E-state index in [2.05, 4.69) is 181 Å². The highest BCUT2D eigenvalue weighted by molar-refractivity contribution is 7.26. The third-order valence-electron chi connectivity index (χ3n) is 9.66. The maximum Gasteiger partial charge on any atom is 0.143 e. The number of furan rings is 1. The third kappa shape index (κ3) is 4.55. The lowest BCUT2D eigenvalue weighted by molar-refractivity contribution is 0.673. The quantitative estimate of drug-likeness (QED) is 0.186. The summed E-state index contributed by atoms with van der Waals surface area (Å²) >= 11 is 1.87. The van der Waals surface area contributed by atoms with Crippen LogP contribution in [0.15, 0.2) is 180 Å². The van der Waals surface area contributed by atoms with Crippen LogP contribution < -0.4 is 4.90 Å². The van der Waals surface area contributed by atoms with Crippen LogP contribution in [0.1, 0.15) is 0 Å². The molecule has 0 radical (unpaired) electrons. The first-order valence-corrected chi connectivity index (χ1v) is 17.4. The van der Waals surface area contributed by atoms with E-state index in [0.717, 1.165) is 55.5 Å². The number of para-hydroxylation sites is 1. The predicted molar refractivity (Wildman–Crippen MR) is 210 cm³/mol. The summed E-state index contributed by atoms with van der Waals surface area (Å²) in [7, 11) is 0. The molecule has 10 aromatic rings. The molecule has 0 saturated carbocycles. The lowest BCUT2D eigenvalue weighted by atomic mass is 9.97. The van der Waals surface area contributed by atoms with Crippen LogP contribution in [0.25, 0.3) is 75.1 Å². The van der Waals surface area contributed by atoms with Crippen LogP contribution in [0.3, 0.4) is 0 Å². The monoisotopic (exact) mass is 643 g/mol. The number of hydrogen-bond acceptors (Lipinski definition) is 3. The second-order valence-corrected chi connectivity index (χ2v) is 13.5. The van der Waals surface area contributed by atoms with Crippen LogP contribution in [0.4, 0.5) is 17.1 Å². The van der Waals surface area contributed by atoms with Crippen molar-refractivity contribution in [1.82, 2.24) is 0 Å². The third-order valence-corrected chi connectivity index (χ3v) is 10.9. The highest BCUT2D eigenvalue weighted by Gasteiger charge is 2.18. The van der Waals surface area contributed by atoms with E-state index >= 15 is 0 Å². The molecule has 49 heavy (non-hydrogen) atoms. The number of benzene rings is 8. The van der Waals surface area contributed by atoms with Gasteiger partial charge in [0.25, 0.3) is 0 Å². The van der Waals surface area contributed by atoms with E-state index in [-0.39, 0.29) is 0 Å². The zero-order valence-corrected chi connectivity index (χ0v) is 27.3. The first kappa shape index (κ1) is 27.9. The van der Waals surface area contributed by atoms with Gasteiger partial charge < -0.3 is 9.32 Å². The fourth-order valence-electron chi connectivity index (χ4n) is 7.40. The van der Waals surface area contributed by atoms with Gasteiger partial charge in [-0.15, -0.1) is 11.3 Å². The lowest BCUT2D eigenvalue weighted by Crippen LogP contribution is -2.09. The molecule has 3 heteroatoms. The van der Waals surface area contributed by atoms with Gasteiger partial charge in [-0.05, 0) is 82.2 Å². The Kier molecular flexibility index (Phi) is 6.39. The molecule has 230 valence electrons. The van der Waals surface area contributed by atoms with E-state index in [1.54, 1.807) is 0 Å². The summed E-state index contributed by atoms with van der Waals surface area (Å²) in [6.45, 7) is 0. The molecule has 0 bridgehead atoms. The van der Waals surface area contributed by atoms with Crippen LogP contribution in [0, 0.1) is 0 Å². The minimum absolute atomic E-state index is 0.901. The Hall–Kier alpha value is -6.16. The van der Waals surface area contributed by atoms with Gasteiger partial charge in [0.15, 0.2) is 0 Å². The Bertz CT molecular complexity index is 2830. The van der Waals surface area contributed by atoms with Crippen molar-refractivity contribution in [3.05, 3.63) is 176 Å². The average Bonchev–Trinajstić information content (AvgIpc) is 3.75. The highest BCUT2D eigenvalue weighted by Crippen LogP contribution is 2.43. The van der Waals surface area contributed by atoms with E-state index in [4.69, 9.17) is 4.42 Å². The number of fused-ring (bicyclic) bond motifs is 8. The minimum Gasteiger partial charge on any atom is -0.455 e. The highest BCUT2D eigenvalue weighted by atomic mass is 32.1. The van der Waals surface area contributed by atoms with Crippen molar-refractivity contribution in [3.8, 4) is 22.3 Å². The minimum atomic E-state index is 0.901. The van der Waals surface area contributed by atoms with Gasteiger partial charge in [0, 0.05) is 53.4 Å². The van der Waals surface area contributed by atoms with Crippen molar-refractivity contribution in [2.45, 2.75) is 0 Å². The van der Waals surface area contributed by atoms with Gasteiger partial charge in [0.05, 0.1) is 0 Å². The molecule has 8 aromatic carbocycles. The van der Waals surface area contributed by atoms with Crippen molar-refractivity contribution >= 4 is 81.3 Å². The van der Waals surface area contributed by atoms with Crippen molar-refractivity contribution in [3.63, 3.8) is 0 Å². The van der Waals surface area contributed by atoms with Crippen LogP contribution in [-0.4, -0.2) is 0 Å². The fraction of sp³-hybridized carbons (Fsp3) is 0. The number of thiophene rings is 1. The van der Waals surface area contributed by atoms with Crippen molar-refractivity contribution < 1.29 is 4.42 Å². The Morgan fingerprint density at radius 1 is 0.429 bits per heavy atom. The van der Waals surface area contributed by atoms with Crippen LogP contribution in [0.5, 0.6) is 0 Å². The Labute approximate surface area is 287 Å². The largest absolute Gasteiger partial charge is 0.455 e. The van der Waals surface area contributed by atoms with Gasteiger partial charge in [0.1, 0.15) is 11.2 Å². The summed E-state index contributed by atoms with van der Waals surface area (Å²) in [4.78, 5) is 2.34. The average molecular weight is 644 g/mol. The first-order chi connectivity index (χ1) is 24.3. The predicted octanol–water partition coefficient (Wildman–Crippen LogP) is 13.9. The van der Waals surface area contributed by atoms with Gasteiger partial charge >= 0.3 is 0 Å². The molecule has 0 fully saturated rings. The topological polar surface area (TPSA) is 16.4 Å². The van der Waals surface area contributed by atoms with E-state index in [1.807, 2.05) is 11.3 Å². The van der Waals surface area contributed by atoms with Gasteiger partial charge in [-0.1, -0.05) is 121 Å². The molecule has 0 N–H and O–H groups in total. The number of rotatable bonds is 5. The molecule has 10 rings (SSSR count). The van der Waals surface area contributed by atoms with Crippen LogP contribution in [0.2, 0.25) is 0 Å². The molecule has 0 amide bonds. The summed E-state index contributed by atoms with van der Waals surface area (Å²) in [5.74, 6) is 0. The smallest absolute Gasteiger partial charge is 0.143 e. The van der Waals surface area contributed by atoms with Crippen molar-refractivity contribution in [2.24, 2.45) is 0 Å². The zero-order valence-electron chi connectivity index (χ0n) is 26.5. The summed E-state index contributed by atoms with van der Waals surface area (Å²) in [6, 6.07) is 63.1. The normalized spacial score (nSPS) is 11.7. The zero-order chi connectivity index (χ0) is 32.3. The van der Waals surface area contributed by atoms with Crippen LogP contribution in [-0.2, 0) is 0 Å². The van der Waals surface area contributed by atoms with Gasteiger partial charge in [0.2, 0.25) is 0 Å². The molecule has 2 aromatic heterocycles. The number of nitrogens with zero attached hydrogens (tertiary/aromatic N) is 1. The fourth-order valence-corrected chi connectivity index (χ4v) is 8.63. The second kappa shape index (κ2) is 11.2. The molecule has 0 aliphatic heterocycles. The maximum absolute atomic E-state index is 6.53. The maximum atomic E-state index is 6.53. The van der Waals surface area contributed by atoms with E-state index in [0.29, 0.717) is 0 Å². The Morgan fingerprint density at radius 2 is 1.12 bits per heavy atom. The molecule has 0 spiro atoms. The van der Waals surface area contributed by atoms with E-state index < -0.39 is 0 Å². The summed E-state index contributed by atoms with van der Waals surface area (Å²) in [5.41, 5.74) is 9.94. The van der Waals surface area contributed by atoms with Crippen molar-refractivity contribution in [1.29, 1.82) is 0 Å². The SMILES string of the molecule is c1ccc(N(c2ccc(-c3cccc4c3sc3ccccc34)cc2)c2cccc(-c3cccc4oc5c6ccccc6ccc5c34)c2)cc1. The Morgan fingerprint density at radius 3 is 2.02 bits per heavy atom. The molecule has 0 saturated heterocycles. The molecule has 2 heterocycles. The van der Waals surface area contributed by atoms with Gasteiger partial charge in [-0.3, -0.25) is 0 Å². The molecular formula is C46H29NOS. The number of anilines is 3. The molecule has 0 aliphatic carbocycles. The van der Waals surface area contributed by atoms with Gasteiger partial charge in [-0.2, -0.15) is 0 Å². The molecule has 0 aliphatic rings. The van der Waals surface area contributed by atoms with Gasteiger partial charge in [-0.25, -0.2) is 0 Å². The summed E-state index contributed by atoms with van der Waals surface area (Å²) < 4.78 is 9.18. The molecule has 0 unspecified atom stereocenters. The van der Waals surface area contributed by atoms with Crippen LogP contribution >= 0.6 is 11.3 Å². The number of hydrogen-bond donors (Lipinski definition) is 0. The van der Waals surface area contributed by atoms with Crippen molar-refractivity contribution in [2.75, 3.05) is 4.90 Å². The molecule has 0 atom stereocenters. The first-order valence-electron chi connectivity index (χ1n) is 16.6. The van der Waals surface area contributed by atoms with E-state index in [1.165, 1.54) is 36.7 Å². The summed E-state index contributed by atoms with van der Waals surface area (Å²) in [6.07, 6.45) is 0. The Balaban J connectivity index is 1.09. The van der Waals surface area contributed by atoms with E-state index in [9.17, 15) is 0 Å².